The van der Waals surface area contributed by atoms with E-state index in [0.29, 0.717) is 23.8 Å². The van der Waals surface area contributed by atoms with Crippen molar-refractivity contribution in [3.05, 3.63) is 24.1 Å². The summed E-state index contributed by atoms with van der Waals surface area (Å²) >= 11 is 0. The van der Waals surface area contributed by atoms with Crippen LogP contribution in [-0.4, -0.2) is 36.9 Å². The van der Waals surface area contributed by atoms with Crippen LogP contribution in [0, 0.1) is 0 Å². The van der Waals surface area contributed by atoms with E-state index < -0.39 is 11.5 Å². The zero-order valence-corrected chi connectivity index (χ0v) is 14.1. The van der Waals surface area contributed by atoms with Crippen LogP contribution < -0.4 is 5.32 Å². The first kappa shape index (κ1) is 17.6. The van der Waals surface area contributed by atoms with Crippen molar-refractivity contribution in [1.29, 1.82) is 0 Å². The average molecular weight is 335 g/mol. The molecule has 2 rings (SSSR count). The summed E-state index contributed by atoms with van der Waals surface area (Å²) in [5.74, 6) is -0.0632. The number of nitrogens with zero attached hydrogens (tertiary/aromatic N) is 4. The number of carbonyl (C=O) groups is 2. The van der Waals surface area contributed by atoms with E-state index in [9.17, 15) is 9.59 Å². The van der Waals surface area contributed by atoms with Gasteiger partial charge in [0.25, 0.3) is 0 Å². The average Bonchev–Trinajstić information content (AvgIpc) is 3.14. The molecule has 0 aliphatic carbocycles. The maximum absolute atomic E-state index is 12.0. The number of nitrogens with one attached hydrogen (secondary N) is 1. The van der Waals surface area contributed by atoms with Gasteiger partial charge in [0, 0.05) is 25.0 Å². The van der Waals surface area contributed by atoms with Crippen LogP contribution in [0.3, 0.4) is 0 Å². The van der Waals surface area contributed by atoms with E-state index in [-0.39, 0.29) is 18.2 Å². The van der Waals surface area contributed by atoms with Gasteiger partial charge < -0.3 is 14.9 Å². The lowest BCUT2D eigenvalue weighted by atomic mass is 10.1. The molecule has 2 aromatic rings. The van der Waals surface area contributed by atoms with Crippen molar-refractivity contribution in [2.75, 3.05) is 5.32 Å². The number of anilines is 1. The number of amides is 1. The number of carboxylic acids is 1. The fourth-order valence-corrected chi connectivity index (χ4v) is 1.84. The minimum Gasteiger partial charge on any atom is -0.479 e. The second kappa shape index (κ2) is 6.81. The Balaban J connectivity index is 1.91. The van der Waals surface area contributed by atoms with Crippen LogP contribution >= 0.6 is 0 Å². The van der Waals surface area contributed by atoms with Crippen molar-refractivity contribution >= 4 is 17.6 Å². The first-order valence-corrected chi connectivity index (χ1v) is 7.61. The van der Waals surface area contributed by atoms with E-state index in [0.717, 1.165) is 0 Å². The first-order valence-electron chi connectivity index (χ1n) is 7.61. The molecule has 9 nitrogen and oxygen atoms in total. The Morgan fingerprint density at radius 1 is 1.42 bits per heavy atom. The number of carbonyl (C=O) groups excluding carboxylic acids is 1. The normalized spacial score (nSPS) is 11.7. The molecule has 0 spiro atoms. The number of hydrogen-bond acceptors (Lipinski definition) is 6. The minimum atomic E-state index is -1.19. The molecule has 2 N–H and O–H groups in total. The van der Waals surface area contributed by atoms with Gasteiger partial charge in [0.05, 0.1) is 11.9 Å². The molecule has 0 unspecified atom stereocenters. The third-order valence-electron chi connectivity index (χ3n) is 3.53. The Bertz CT molecular complexity index is 732. The van der Waals surface area contributed by atoms with E-state index in [2.05, 4.69) is 20.6 Å². The molecule has 0 aliphatic heterocycles. The summed E-state index contributed by atoms with van der Waals surface area (Å²) < 4.78 is 6.37. The molecule has 0 atom stereocenters. The van der Waals surface area contributed by atoms with Gasteiger partial charge in [-0.2, -0.15) is 10.1 Å². The lowest BCUT2D eigenvalue weighted by Crippen LogP contribution is -2.35. The summed E-state index contributed by atoms with van der Waals surface area (Å²) in [5.41, 5.74) is -0.761. The molecule has 0 fully saturated rings. The first-order chi connectivity index (χ1) is 11.2. The zero-order valence-electron chi connectivity index (χ0n) is 14.1. The van der Waals surface area contributed by atoms with Crippen molar-refractivity contribution in [3.8, 4) is 0 Å². The summed E-state index contributed by atoms with van der Waals surface area (Å²) in [6, 6.07) is 0. The standard InChI is InChI=1S/C15H21N5O4/c1-9(2)13-18-12(24-19-13)6-5-11(21)17-10-7-16-20(8-10)15(3,4)14(22)23/h7-9H,5-6H2,1-4H3,(H,17,21)(H,22,23). The van der Waals surface area contributed by atoms with Gasteiger partial charge in [-0.15, -0.1) is 0 Å². The lowest BCUT2D eigenvalue weighted by Gasteiger charge is -2.19. The molecule has 0 aliphatic rings. The maximum atomic E-state index is 12.0. The van der Waals surface area contributed by atoms with E-state index >= 15 is 0 Å². The highest BCUT2D eigenvalue weighted by molar-refractivity contribution is 5.90. The second-order valence-corrected chi connectivity index (χ2v) is 6.29. The molecule has 0 saturated heterocycles. The molecule has 2 heterocycles. The van der Waals surface area contributed by atoms with Gasteiger partial charge in [0.1, 0.15) is 0 Å². The molecule has 2 aromatic heterocycles. The van der Waals surface area contributed by atoms with Gasteiger partial charge in [-0.3, -0.25) is 9.48 Å². The highest BCUT2D eigenvalue weighted by Crippen LogP contribution is 2.17. The van der Waals surface area contributed by atoms with Crippen molar-refractivity contribution in [2.45, 2.75) is 52.0 Å². The molecule has 0 saturated carbocycles. The fraction of sp³-hybridized carbons (Fsp3) is 0.533. The van der Waals surface area contributed by atoms with Crippen LogP contribution in [0.4, 0.5) is 5.69 Å². The van der Waals surface area contributed by atoms with Crippen LogP contribution in [0.25, 0.3) is 0 Å². The van der Waals surface area contributed by atoms with Gasteiger partial charge in [-0.25, -0.2) is 4.79 Å². The van der Waals surface area contributed by atoms with E-state index in [4.69, 9.17) is 9.63 Å². The monoisotopic (exact) mass is 335 g/mol. The van der Waals surface area contributed by atoms with Crippen LogP contribution in [0.5, 0.6) is 0 Å². The third kappa shape index (κ3) is 3.98. The van der Waals surface area contributed by atoms with Gasteiger partial charge >= 0.3 is 5.97 Å². The molecular weight excluding hydrogens is 314 g/mol. The smallest absolute Gasteiger partial charge is 0.331 e. The van der Waals surface area contributed by atoms with Gasteiger partial charge in [-0.1, -0.05) is 19.0 Å². The van der Waals surface area contributed by atoms with Gasteiger partial charge in [-0.05, 0) is 13.8 Å². The quantitative estimate of drug-likeness (QED) is 0.790. The van der Waals surface area contributed by atoms with Gasteiger partial charge in [0.15, 0.2) is 11.4 Å². The Morgan fingerprint density at radius 2 is 2.12 bits per heavy atom. The molecule has 1 amide bonds. The van der Waals surface area contributed by atoms with E-state index in [1.807, 2.05) is 13.8 Å². The van der Waals surface area contributed by atoms with Crippen LogP contribution in [0.1, 0.15) is 51.7 Å². The van der Waals surface area contributed by atoms with Crippen molar-refractivity contribution in [1.82, 2.24) is 19.9 Å². The summed E-state index contributed by atoms with van der Waals surface area (Å²) in [7, 11) is 0. The Labute approximate surface area is 139 Å². The number of rotatable bonds is 7. The Hall–Kier alpha value is -2.71. The maximum Gasteiger partial charge on any atom is 0.331 e. The molecule has 0 radical (unpaired) electrons. The number of aliphatic carboxylic acids is 1. The Kier molecular flexibility index (Phi) is 5.01. The lowest BCUT2D eigenvalue weighted by molar-refractivity contribution is -0.146. The molecule has 0 aromatic carbocycles. The number of aryl methyl sites for hydroxylation is 1. The van der Waals surface area contributed by atoms with Gasteiger partial charge in [0.2, 0.25) is 11.8 Å². The molecule has 9 heteroatoms. The molecule has 0 bridgehead atoms. The second-order valence-electron chi connectivity index (χ2n) is 6.29. The summed E-state index contributed by atoms with van der Waals surface area (Å²) in [5, 5.41) is 19.7. The zero-order chi connectivity index (χ0) is 17.9. The van der Waals surface area contributed by atoms with E-state index in [1.165, 1.54) is 30.9 Å². The predicted octanol–water partition coefficient (Wildman–Crippen LogP) is 1.78. The van der Waals surface area contributed by atoms with E-state index in [1.54, 1.807) is 0 Å². The number of hydrogen-bond donors (Lipinski definition) is 2. The number of aromatic nitrogens is 4. The van der Waals surface area contributed by atoms with Crippen LogP contribution in [-0.2, 0) is 21.5 Å². The fourth-order valence-electron chi connectivity index (χ4n) is 1.84. The molecule has 130 valence electrons. The third-order valence-corrected chi connectivity index (χ3v) is 3.53. The topological polar surface area (TPSA) is 123 Å². The molecular formula is C15H21N5O4. The van der Waals surface area contributed by atoms with Crippen molar-refractivity contribution in [2.24, 2.45) is 0 Å². The largest absolute Gasteiger partial charge is 0.479 e. The minimum absolute atomic E-state index is 0.166. The van der Waals surface area contributed by atoms with Crippen molar-refractivity contribution < 1.29 is 19.2 Å². The van der Waals surface area contributed by atoms with Crippen LogP contribution in [0.15, 0.2) is 16.9 Å². The molecule has 24 heavy (non-hydrogen) atoms. The predicted molar refractivity (Wildman–Crippen MR) is 84.5 cm³/mol. The Morgan fingerprint density at radius 3 is 2.71 bits per heavy atom. The summed E-state index contributed by atoms with van der Waals surface area (Å²) in [6.45, 7) is 6.96. The summed E-state index contributed by atoms with van der Waals surface area (Å²) in [6.07, 6.45) is 3.40. The van der Waals surface area contributed by atoms with Crippen molar-refractivity contribution in [3.63, 3.8) is 0 Å². The highest BCUT2D eigenvalue weighted by atomic mass is 16.5. The SMILES string of the molecule is CC(C)c1noc(CCC(=O)Nc2cnn(C(C)(C)C(=O)O)c2)n1. The number of carboxylic acid groups (broad SMARTS) is 1. The summed E-state index contributed by atoms with van der Waals surface area (Å²) in [4.78, 5) is 27.4. The van der Waals surface area contributed by atoms with Crippen LogP contribution in [0.2, 0.25) is 0 Å². The highest BCUT2D eigenvalue weighted by Gasteiger charge is 2.30.